The number of carbonyl (C=O) groups is 3. The van der Waals surface area contributed by atoms with Gasteiger partial charge >= 0.3 is 12.1 Å². The molecule has 0 saturated heterocycles. The fourth-order valence-corrected chi connectivity index (χ4v) is 4.90. The summed E-state index contributed by atoms with van der Waals surface area (Å²) in [6, 6.07) is 17.3. The highest BCUT2D eigenvalue weighted by Gasteiger charge is 2.46. The molecule has 2 aromatic rings. The van der Waals surface area contributed by atoms with Crippen molar-refractivity contribution in [2.24, 2.45) is 5.92 Å². The lowest BCUT2D eigenvalue weighted by Crippen LogP contribution is -2.51. The Morgan fingerprint density at radius 2 is 1.75 bits per heavy atom. The number of carboxylic acids is 1. The fourth-order valence-electron chi connectivity index (χ4n) is 4.90. The lowest BCUT2D eigenvalue weighted by molar-refractivity contribution is -0.138. The Morgan fingerprint density at radius 1 is 1.00 bits per heavy atom. The van der Waals surface area contributed by atoms with E-state index in [9.17, 15) is 14.4 Å². The van der Waals surface area contributed by atoms with Crippen LogP contribution >= 0.6 is 0 Å². The molecule has 2 aromatic carbocycles. The summed E-state index contributed by atoms with van der Waals surface area (Å²) in [5.41, 5.74) is 2.72. The molecule has 0 spiro atoms. The number of nitrogens with one attached hydrogen (secondary N) is 1. The van der Waals surface area contributed by atoms with Crippen LogP contribution in [0.25, 0.3) is 0 Å². The Balaban J connectivity index is 1.51. The van der Waals surface area contributed by atoms with Crippen LogP contribution in [0.15, 0.2) is 54.6 Å². The molecule has 2 aliphatic rings. The zero-order valence-corrected chi connectivity index (χ0v) is 17.9. The number of anilines is 1. The zero-order chi connectivity index (χ0) is 22.5. The summed E-state index contributed by atoms with van der Waals surface area (Å²) in [7, 11) is 0. The smallest absolute Gasteiger partial charge is 0.414 e. The van der Waals surface area contributed by atoms with E-state index in [1.54, 1.807) is 4.90 Å². The van der Waals surface area contributed by atoms with E-state index in [0.717, 1.165) is 36.1 Å². The lowest BCUT2D eigenvalue weighted by atomic mass is 9.83. The third kappa shape index (κ3) is 4.83. The first-order valence-corrected chi connectivity index (χ1v) is 11.1. The van der Waals surface area contributed by atoms with Crippen LogP contribution in [-0.2, 0) is 20.9 Å². The highest BCUT2D eigenvalue weighted by Crippen LogP contribution is 2.47. The molecule has 4 rings (SSSR count). The number of nitrogens with zero attached hydrogens (tertiary/aromatic N) is 1. The number of para-hydroxylation sites is 1. The van der Waals surface area contributed by atoms with Gasteiger partial charge in [0.15, 0.2) is 0 Å². The van der Waals surface area contributed by atoms with E-state index < -0.39 is 5.97 Å². The zero-order valence-electron chi connectivity index (χ0n) is 17.9. The molecular formula is C25H28N2O5. The molecular weight excluding hydrogens is 408 g/mol. The number of hydrogen-bond donors (Lipinski definition) is 2. The van der Waals surface area contributed by atoms with Crippen molar-refractivity contribution in [3.05, 3.63) is 65.7 Å². The average molecular weight is 437 g/mol. The molecule has 1 fully saturated rings. The molecule has 0 unspecified atom stereocenters. The molecule has 3 atom stereocenters. The van der Waals surface area contributed by atoms with E-state index in [-0.39, 0.29) is 55.9 Å². The topological polar surface area (TPSA) is 95.9 Å². The summed E-state index contributed by atoms with van der Waals surface area (Å²) in [5.74, 6) is -0.924. The van der Waals surface area contributed by atoms with Crippen LogP contribution in [-0.4, -0.2) is 35.5 Å². The standard InChI is InChI=1S/C25H28N2O5/c28-18(13-14-23(29)30)15-26-24-19-9-4-5-11-21(19)27(22-12-6-10-20(22)24)25(31)32-16-17-7-2-1-3-8-17/h1-5,7-9,11,20,22,24,26H,6,10,12-16H2,(H,29,30)/t20-,22+,24-/m0/s1. The second-order valence-electron chi connectivity index (χ2n) is 8.42. The Morgan fingerprint density at radius 3 is 2.53 bits per heavy atom. The van der Waals surface area contributed by atoms with Gasteiger partial charge in [0.2, 0.25) is 0 Å². The number of fused-ring (bicyclic) bond motifs is 2. The van der Waals surface area contributed by atoms with Crippen LogP contribution in [0, 0.1) is 5.92 Å². The van der Waals surface area contributed by atoms with Crippen LogP contribution in [0.2, 0.25) is 0 Å². The van der Waals surface area contributed by atoms with Gasteiger partial charge in [0.25, 0.3) is 0 Å². The van der Waals surface area contributed by atoms with Gasteiger partial charge in [0, 0.05) is 18.5 Å². The quantitative estimate of drug-likeness (QED) is 0.647. The minimum Gasteiger partial charge on any atom is -0.481 e. The molecule has 0 radical (unpaired) electrons. The van der Waals surface area contributed by atoms with Crippen LogP contribution < -0.4 is 10.2 Å². The maximum atomic E-state index is 13.2. The molecule has 168 valence electrons. The predicted molar refractivity (Wildman–Crippen MR) is 119 cm³/mol. The first-order valence-electron chi connectivity index (χ1n) is 11.1. The summed E-state index contributed by atoms with van der Waals surface area (Å²) in [4.78, 5) is 37.9. The Hall–Kier alpha value is -3.19. The number of hydrogen-bond acceptors (Lipinski definition) is 5. The van der Waals surface area contributed by atoms with Gasteiger partial charge in [0.05, 0.1) is 18.7 Å². The van der Waals surface area contributed by atoms with Crippen molar-refractivity contribution >= 4 is 23.5 Å². The summed E-state index contributed by atoms with van der Waals surface area (Å²) < 4.78 is 5.68. The minimum atomic E-state index is -0.970. The van der Waals surface area contributed by atoms with Gasteiger partial charge in [-0.1, -0.05) is 55.0 Å². The lowest BCUT2D eigenvalue weighted by Gasteiger charge is -2.43. The largest absolute Gasteiger partial charge is 0.481 e. The third-order valence-electron chi connectivity index (χ3n) is 6.36. The molecule has 2 N–H and O–H groups in total. The first kappa shape index (κ1) is 22.0. The van der Waals surface area contributed by atoms with Crippen molar-refractivity contribution in [3.8, 4) is 0 Å². The van der Waals surface area contributed by atoms with E-state index in [1.807, 2.05) is 54.6 Å². The number of Topliss-reactive ketones (excluding diaryl/α,β-unsaturated/α-hetero) is 1. The van der Waals surface area contributed by atoms with Gasteiger partial charge in [-0.05, 0) is 36.0 Å². The SMILES string of the molecule is O=C(O)CCC(=O)CN[C@H]1c2ccccc2N(C(=O)OCc2ccccc2)[C@@H]2CCC[C@@H]21. The van der Waals surface area contributed by atoms with Crippen molar-refractivity contribution in [3.63, 3.8) is 0 Å². The Bertz CT molecular complexity index is 977. The molecule has 0 bridgehead atoms. The maximum Gasteiger partial charge on any atom is 0.414 e. The van der Waals surface area contributed by atoms with Crippen LogP contribution in [0.5, 0.6) is 0 Å². The molecule has 1 heterocycles. The first-order chi connectivity index (χ1) is 15.5. The highest BCUT2D eigenvalue weighted by molar-refractivity contribution is 5.90. The number of benzene rings is 2. The molecule has 7 nitrogen and oxygen atoms in total. The van der Waals surface area contributed by atoms with E-state index >= 15 is 0 Å². The summed E-state index contributed by atoms with van der Waals surface area (Å²) >= 11 is 0. The van der Waals surface area contributed by atoms with Gasteiger partial charge in [-0.2, -0.15) is 0 Å². The van der Waals surface area contributed by atoms with Crippen molar-refractivity contribution < 1.29 is 24.2 Å². The number of ketones is 1. The predicted octanol–water partition coefficient (Wildman–Crippen LogP) is 4.08. The van der Waals surface area contributed by atoms with Crippen molar-refractivity contribution in [1.82, 2.24) is 5.32 Å². The van der Waals surface area contributed by atoms with Gasteiger partial charge in [0.1, 0.15) is 12.4 Å². The number of rotatable bonds is 8. The number of amides is 1. The van der Waals surface area contributed by atoms with Crippen molar-refractivity contribution in [2.75, 3.05) is 11.4 Å². The number of aliphatic carboxylic acids is 1. The van der Waals surface area contributed by atoms with Crippen molar-refractivity contribution in [2.45, 2.75) is 50.8 Å². The molecule has 1 amide bonds. The summed E-state index contributed by atoms with van der Waals surface area (Å²) in [6.07, 6.45) is 2.33. The number of carbonyl (C=O) groups excluding carboxylic acids is 2. The van der Waals surface area contributed by atoms with Crippen LogP contribution in [0.3, 0.4) is 0 Å². The number of carboxylic acid groups (broad SMARTS) is 1. The van der Waals surface area contributed by atoms with Crippen LogP contribution in [0.1, 0.15) is 49.3 Å². The minimum absolute atomic E-state index is 0.000190. The van der Waals surface area contributed by atoms with E-state index in [2.05, 4.69) is 5.32 Å². The van der Waals surface area contributed by atoms with Gasteiger partial charge < -0.3 is 15.2 Å². The fraction of sp³-hybridized carbons (Fsp3) is 0.400. The second-order valence-corrected chi connectivity index (χ2v) is 8.42. The molecule has 7 heteroatoms. The van der Waals surface area contributed by atoms with Gasteiger partial charge in [-0.25, -0.2) is 4.79 Å². The summed E-state index contributed by atoms with van der Waals surface area (Å²) in [6.45, 7) is 0.337. The monoisotopic (exact) mass is 436 g/mol. The van der Waals surface area contributed by atoms with E-state index in [4.69, 9.17) is 9.84 Å². The highest BCUT2D eigenvalue weighted by atomic mass is 16.6. The summed E-state index contributed by atoms with van der Waals surface area (Å²) in [5, 5.41) is 12.2. The normalized spacial score (nSPS) is 21.5. The maximum absolute atomic E-state index is 13.2. The van der Waals surface area contributed by atoms with E-state index in [0.29, 0.717) is 0 Å². The molecule has 1 aliphatic carbocycles. The Labute approximate surface area is 187 Å². The third-order valence-corrected chi connectivity index (χ3v) is 6.36. The molecule has 1 aliphatic heterocycles. The molecule has 32 heavy (non-hydrogen) atoms. The molecule has 1 saturated carbocycles. The number of ether oxygens (including phenoxy) is 1. The van der Waals surface area contributed by atoms with Crippen molar-refractivity contribution in [1.29, 1.82) is 0 Å². The second kappa shape index (κ2) is 9.96. The van der Waals surface area contributed by atoms with Gasteiger partial charge in [-0.15, -0.1) is 0 Å². The Kier molecular flexibility index (Phi) is 6.85. The molecule has 0 aromatic heterocycles. The van der Waals surface area contributed by atoms with Crippen LogP contribution in [0.4, 0.5) is 10.5 Å². The van der Waals surface area contributed by atoms with E-state index in [1.165, 1.54) is 0 Å². The average Bonchev–Trinajstić information content (AvgIpc) is 3.28. The van der Waals surface area contributed by atoms with Gasteiger partial charge in [-0.3, -0.25) is 14.5 Å².